The van der Waals surface area contributed by atoms with Crippen LogP contribution in [0.3, 0.4) is 0 Å². The van der Waals surface area contributed by atoms with E-state index in [0.29, 0.717) is 17.8 Å². The van der Waals surface area contributed by atoms with Crippen molar-refractivity contribution in [3.05, 3.63) is 58.2 Å². The first-order chi connectivity index (χ1) is 12.2. The Morgan fingerprint density at radius 2 is 1.80 bits per heavy atom. The average Bonchev–Trinajstić information content (AvgIpc) is 2.96. The molecule has 1 fully saturated rings. The lowest BCUT2D eigenvalue weighted by Gasteiger charge is -2.36. The number of rotatable bonds is 4. The summed E-state index contributed by atoms with van der Waals surface area (Å²) in [6.45, 7) is 5.23. The number of anilines is 1. The molecule has 0 spiro atoms. The molecule has 0 N–H and O–H groups in total. The molecule has 130 valence electrons. The number of halogens is 1. The molecule has 1 aliphatic rings. The zero-order valence-electron chi connectivity index (χ0n) is 13.8. The third-order valence-electron chi connectivity index (χ3n) is 4.63. The fourth-order valence-electron chi connectivity index (χ4n) is 3.22. The number of hydrogen-bond donors (Lipinski definition) is 0. The highest BCUT2D eigenvalue weighted by atomic mass is 35.5. The SMILES string of the molecule is O=c1oc2cccnc2n1CCN1CCN(c2ccc(Cl)cc2)CC1. The summed E-state index contributed by atoms with van der Waals surface area (Å²) >= 11 is 5.95. The van der Waals surface area contributed by atoms with E-state index in [4.69, 9.17) is 16.0 Å². The van der Waals surface area contributed by atoms with Crippen molar-refractivity contribution in [3.63, 3.8) is 0 Å². The van der Waals surface area contributed by atoms with E-state index in [-0.39, 0.29) is 5.76 Å². The van der Waals surface area contributed by atoms with E-state index in [2.05, 4.69) is 26.9 Å². The van der Waals surface area contributed by atoms with Crippen molar-refractivity contribution in [3.8, 4) is 0 Å². The van der Waals surface area contributed by atoms with Gasteiger partial charge in [-0.3, -0.25) is 9.47 Å². The maximum absolute atomic E-state index is 12.0. The Bertz CT molecular complexity index is 911. The predicted molar refractivity (Wildman–Crippen MR) is 98.4 cm³/mol. The van der Waals surface area contributed by atoms with Crippen molar-refractivity contribution in [1.82, 2.24) is 14.5 Å². The van der Waals surface area contributed by atoms with Crippen LogP contribution in [-0.2, 0) is 6.54 Å². The number of oxazole rings is 1. The molecular formula is C18H19ClN4O2. The highest BCUT2D eigenvalue weighted by Gasteiger charge is 2.18. The van der Waals surface area contributed by atoms with Crippen LogP contribution in [0, 0.1) is 0 Å². The van der Waals surface area contributed by atoms with Crippen molar-refractivity contribution < 1.29 is 4.42 Å². The smallest absolute Gasteiger partial charge is 0.406 e. The molecule has 0 atom stereocenters. The van der Waals surface area contributed by atoms with Gasteiger partial charge in [-0.2, -0.15) is 0 Å². The summed E-state index contributed by atoms with van der Waals surface area (Å²) in [7, 11) is 0. The Balaban J connectivity index is 1.36. The summed E-state index contributed by atoms with van der Waals surface area (Å²) in [6, 6.07) is 11.5. The van der Waals surface area contributed by atoms with Crippen molar-refractivity contribution >= 4 is 28.5 Å². The van der Waals surface area contributed by atoms with E-state index < -0.39 is 0 Å². The highest BCUT2D eigenvalue weighted by molar-refractivity contribution is 6.30. The first kappa shape index (κ1) is 16.2. The van der Waals surface area contributed by atoms with Crippen molar-refractivity contribution in [1.29, 1.82) is 0 Å². The molecule has 3 aromatic rings. The Labute approximate surface area is 150 Å². The van der Waals surface area contributed by atoms with Gasteiger partial charge in [0.15, 0.2) is 11.2 Å². The fraction of sp³-hybridized carbons (Fsp3) is 0.333. The van der Waals surface area contributed by atoms with Crippen LogP contribution in [0.4, 0.5) is 5.69 Å². The molecule has 1 aliphatic heterocycles. The van der Waals surface area contributed by atoms with Crippen molar-refractivity contribution in [2.45, 2.75) is 6.54 Å². The highest BCUT2D eigenvalue weighted by Crippen LogP contribution is 2.19. The molecule has 7 heteroatoms. The van der Waals surface area contributed by atoms with E-state index in [0.717, 1.165) is 37.7 Å². The third kappa shape index (κ3) is 3.41. The second-order valence-electron chi connectivity index (χ2n) is 6.15. The number of pyridine rings is 1. The zero-order chi connectivity index (χ0) is 17.2. The second-order valence-corrected chi connectivity index (χ2v) is 6.59. The molecular weight excluding hydrogens is 340 g/mol. The Morgan fingerprint density at radius 3 is 2.56 bits per heavy atom. The predicted octanol–water partition coefficient (Wildman–Crippen LogP) is 2.47. The van der Waals surface area contributed by atoms with Gasteiger partial charge in [0.1, 0.15) is 0 Å². The molecule has 25 heavy (non-hydrogen) atoms. The maximum Gasteiger partial charge on any atom is 0.421 e. The van der Waals surface area contributed by atoms with Gasteiger partial charge in [0.05, 0.1) is 0 Å². The van der Waals surface area contributed by atoms with Gasteiger partial charge in [0, 0.05) is 56.2 Å². The lowest BCUT2D eigenvalue weighted by Crippen LogP contribution is -2.47. The molecule has 0 bridgehead atoms. The minimum Gasteiger partial charge on any atom is -0.406 e. The van der Waals surface area contributed by atoms with E-state index in [1.165, 1.54) is 5.69 Å². The number of hydrogen-bond acceptors (Lipinski definition) is 5. The van der Waals surface area contributed by atoms with Gasteiger partial charge in [-0.15, -0.1) is 0 Å². The molecule has 3 heterocycles. The molecule has 4 rings (SSSR count). The van der Waals surface area contributed by atoms with Crippen LogP contribution in [0.5, 0.6) is 0 Å². The molecule has 0 aliphatic carbocycles. The number of aromatic nitrogens is 2. The minimum absolute atomic E-state index is 0.339. The van der Waals surface area contributed by atoms with Gasteiger partial charge in [0.2, 0.25) is 0 Å². The fourth-order valence-corrected chi connectivity index (χ4v) is 3.35. The summed E-state index contributed by atoms with van der Waals surface area (Å²) in [5, 5.41) is 0.758. The largest absolute Gasteiger partial charge is 0.421 e. The van der Waals surface area contributed by atoms with Gasteiger partial charge in [-0.05, 0) is 36.4 Å². The maximum atomic E-state index is 12.0. The van der Waals surface area contributed by atoms with Gasteiger partial charge >= 0.3 is 5.76 Å². The number of fused-ring (bicyclic) bond motifs is 1. The van der Waals surface area contributed by atoms with Crippen LogP contribution < -0.4 is 10.7 Å². The van der Waals surface area contributed by atoms with Crippen molar-refractivity contribution in [2.75, 3.05) is 37.6 Å². The summed E-state index contributed by atoms with van der Waals surface area (Å²) in [6.07, 6.45) is 1.68. The summed E-state index contributed by atoms with van der Waals surface area (Å²) < 4.78 is 6.84. The van der Waals surface area contributed by atoms with E-state index in [1.807, 2.05) is 12.1 Å². The monoisotopic (exact) mass is 358 g/mol. The van der Waals surface area contributed by atoms with Gasteiger partial charge in [0.25, 0.3) is 0 Å². The molecule has 1 saturated heterocycles. The molecule has 6 nitrogen and oxygen atoms in total. The first-order valence-electron chi connectivity index (χ1n) is 8.38. The molecule has 0 radical (unpaired) electrons. The number of benzene rings is 1. The Kier molecular flexibility index (Phi) is 4.46. The lowest BCUT2D eigenvalue weighted by atomic mass is 10.2. The van der Waals surface area contributed by atoms with Crippen LogP contribution in [0.15, 0.2) is 51.8 Å². The average molecular weight is 359 g/mol. The molecule has 0 unspecified atom stereocenters. The Hall–Kier alpha value is -2.31. The first-order valence-corrected chi connectivity index (χ1v) is 8.76. The number of nitrogens with zero attached hydrogens (tertiary/aromatic N) is 4. The standard InChI is InChI=1S/C18H19ClN4O2/c19-14-3-5-15(6-4-14)22-11-8-21(9-12-22)10-13-23-17-16(25-18(23)24)2-1-7-20-17/h1-7H,8-13H2. The lowest BCUT2D eigenvalue weighted by molar-refractivity contribution is 0.246. The van der Waals surface area contributed by atoms with Gasteiger partial charge < -0.3 is 9.32 Å². The van der Waals surface area contributed by atoms with Crippen LogP contribution in [0.1, 0.15) is 0 Å². The summed E-state index contributed by atoms with van der Waals surface area (Å²) in [4.78, 5) is 21.0. The van der Waals surface area contributed by atoms with Crippen LogP contribution in [0.2, 0.25) is 5.02 Å². The van der Waals surface area contributed by atoms with E-state index in [1.54, 1.807) is 22.9 Å². The molecule has 0 saturated carbocycles. The topological polar surface area (TPSA) is 54.5 Å². The second kappa shape index (κ2) is 6.90. The summed E-state index contributed by atoms with van der Waals surface area (Å²) in [5.74, 6) is -0.339. The third-order valence-corrected chi connectivity index (χ3v) is 4.88. The van der Waals surface area contributed by atoms with Crippen LogP contribution in [-0.4, -0.2) is 47.2 Å². The van der Waals surface area contributed by atoms with Crippen LogP contribution >= 0.6 is 11.6 Å². The van der Waals surface area contributed by atoms with E-state index in [9.17, 15) is 4.79 Å². The van der Waals surface area contributed by atoms with Crippen molar-refractivity contribution in [2.24, 2.45) is 0 Å². The molecule has 2 aromatic heterocycles. The molecule has 1 aromatic carbocycles. The quantitative estimate of drug-likeness (QED) is 0.717. The normalized spacial score (nSPS) is 15.8. The van der Waals surface area contributed by atoms with Crippen LogP contribution in [0.25, 0.3) is 11.2 Å². The molecule has 0 amide bonds. The van der Waals surface area contributed by atoms with Gasteiger partial charge in [-0.1, -0.05) is 11.6 Å². The van der Waals surface area contributed by atoms with E-state index >= 15 is 0 Å². The minimum atomic E-state index is -0.339. The number of piperazine rings is 1. The zero-order valence-corrected chi connectivity index (χ0v) is 14.5. The Morgan fingerprint density at radius 1 is 1.04 bits per heavy atom. The van der Waals surface area contributed by atoms with Gasteiger partial charge in [-0.25, -0.2) is 9.78 Å². The summed E-state index contributed by atoms with van der Waals surface area (Å²) in [5.41, 5.74) is 2.36.